The van der Waals surface area contributed by atoms with Crippen molar-refractivity contribution < 1.29 is 14.3 Å². The minimum absolute atomic E-state index is 0.230. The number of halogens is 1. The van der Waals surface area contributed by atoms with Crippen molar-refractivity contribution in [1.82, 2.24) is 0 Å². The van der Waals surface area contributed by atoms with Gasteiger partial charge in [0.25, 0.3) is 5.91 Å². The standard InChI is InChI=1S/C17H13BrN2O3/c1-11-5-6-15(14(18)7-11)20-16(21)10-23-17(22)13-4-2-3-12(8-13)9-19/h2-8H,10H2,1H3,(H,20,21). The van der Waals surface area contributed by atoms with E-state index in [1.165, 1.54) is 12.1 Å². The smallest absolute Gasteiger partial charge is 0.338 e. The third kappa shape index (κ3) is 4.66. The number of aryl methyl sites for hydroxylation is 1. The molecule has 5 nitrogen and oxygen atoms in total. The maximum absolute atomic E-state index is 11.9. The van der Waals surface area contributed by atoms with E-state index in [1.54, 1.807) is 18.2 Å². The summed E-state index contributed by atoms with van der Waals surface area (Å²) in [5.74, 6) is -1.10. The molecule has 0 atom stereocenters. The van der Waals surface area contributed by atoms with Crippen molar-refractivity contribution in [3.05, 3.63) is 63.6 Å². The molecule has 1 amide bonds. The van der Waals surface area contributed by atoms with Crippen LogP contribution in [0.5, 0.6) is 0 Å². The lowest BCUT2D eigenvalue weighted by Gasteiger charge is -2.09. The van der Waals surface area contributed by atoms with Crippen LogP contribution >= 0.6 is 15.9 Å². The summed E-state index contributed by atoms with van der Waals surface area (Å²) in [6.07, 6.45) is 0. The Kier molecular flexibility index (Phi) is 5.50. The maximum atomic E-state index is 11.9. The Labute approximate surface area is 142 Å². The van der Waals surface area contributed by atoms with Crippen molar-refractivity contribution in [3.8, 4) is 6.07 Å². The van der Waals surface area contributed by atoms with Crippen LogP contribution in [0, 0.1) is 18.3 Å². The Morgan fingerprint density at radius 3 is 2.74 bits per heavy atom. The van der Waals surface area contributed by atoms with E-state index in [9.17, 15) is 9.59 Å². The van der Waals surface area contributed by atoms with Gasteiger partial charge in [-0.1, -0.05) is 12.1 Å². The van der Waals surface area contributed by atoms with E-state index >= 15 is 0 Å². The van der Waals surface area contributed by atoms with Crippen LogP contribution in [0.4, 0.5) is 5.69 Å². The highest BCUT2D eigenvalue weighted by Gasteiger charge is 2.12. The summed E-state index contributed by atoms with van der Waals surface area (Å²) in [6.45, 7) is 1.53. The minimum Gasteiger partial charge on any atom is -0.452 e. The van der Waals surface area contributed by atoms with Crippen LogP contribution in [0.3, 0.4) is 0 Å². The van der Waals surface area contributed by atoms with Gasteiger partial charge in [-0.2, -0.15) is 5.26 Å². The van der Waals surface area contributed by atoms with Gasteiger partial charge in [-0.3, -0.25) is 4.79 Å². The SMILES string of the molecule is Cc1ccc(NC(=O)COC(=O)c2cccc(C#N)c2)c(Br)c1. The van der Waals surface area contributed by atoms with Crippen molar-refractivity contribution >= 4 is 33.5 Å². The first kappa shape index (κ1) is 16.7. The average molecular weight is 373 g/mol. The molecule has 0 aliphatic heterocycles. The van der Waals surface area contributed by atoms with E-state index in [-0.39, 0.29) is 5.56 Å². The minimum atomic E-state index is -0.653. The molecule has 23 heavy (non-hydrogen) atoms. The highest BCUT2D eigenvalue weighted by atomic mass is 79.9. The number of ether oxygens (including phenoxy) is 1. The van der Waals surface area contributed by atoms with Gasteiger partial charge >= 0.3 is 5.97 Å². The Bertz CT molecular complexity index is 797. The summed E-state index contributed by atoms with van der Waals surface area (Å²) in [5.41, 5.74) is 2.24. The van der Waals surface area contributed by atoms with Crippen molar-refractivity contribution in [3.63, 3.8) is 0 Å². The lowest BCUT2D eigenvalue weighted by molar-refractivity contribution is -0.119. The maximum Gasteiger partial charge on any atom is 0.338 e. The molecule has 0 saturated carbocycles. The lowest BCUT2D eigenvalue weighted by atomic mass is 10.1. The molecule has 0 saturated heterocycles. The zero-order valence-corrected chi connectivity index (χ0v) is 13.9. The predicted octanol–water partition coefficient (Wildman–Crippen LogP) is 3.42. The van der Waals surface area contributed by atoms with Gasteiger partial charge in [0.1, 0.15) is 0 Å². The van der Waals surface area contributed by atoms with Crippen molar-refractivity contribution in [2.75, 3.05) is 11.9 Å². The molecule has 1 N–H and O–H groups in total. The fraction of sp³-hybridized carbons (Fsp3) is 0.118. The molecule has 0 aromatic heterocycles. The van der Waals surface area contributed by atoms with E-state index in [1.807, 2.05) is 25.1 Å². The monoisotopic (exact) mass is 372 g/mol. The molecule has 2 aromatic carbocycles. The van der Waals surface area contributed by atoms with Gasteiger partial charge < -0.3 is 10.1 Å². The summed E-state index contributed by atoms with van der Waals surface area (Å²) in [7, 11) is 0. The van der Waals surface area contributed by atoms with Crippen LogP contribution in [0.2, 0.25) is 0 Å². The highest BCUT2D eigenvalue weighted by Crippen LogP contribution is 2.23. The Hall–Kier alpha value is -2.65. The topological polar surface area (TPSA) is 79.2 Å². The molecule has 0 bridgehead atoms. The third-order valence-corrected chi connectivity index (χ3v) is 3.62. The van der Waals surface area contributed by atoms with Crippen LogP contribution in [-0.2, 0) is 9.53 Å². The number of nitriles is 1. The number of nitrogens with zero attached hydrogens (tertiary/aromatic N) is 1. The molecular weight excluding hydrogens is 360 g/mol. The number of carbonyl (C=O) groups excluding carboxylic acids is 2. The first-order valence-electron chi connectivity index (χ1n) is 6.73. The number of amides is 1. The summed E-state index contributed by atoms with van der Waals surface area (Å²) >= 11 is 3.36. The van der Waals surface area contributed by atoms with Gasteiger partial charge in [-0.15, -0.1) is 0 Å². The van der Waals surface area contributed by atoms with Gasteiger partial charge in [0, 0.05) is 4.47 Å². The zero-order valence-electron chi connectivity index (χ0n) is 12.3. The van der Waals surface area contributed by atoms with Crippen LogP contribution in [0.1, 0.15) is 21.5 Å². The molecule has 0 fully saturated rings. The Morgan fingerprint density at radius 1 is 1.26 bits per heavy atom. The van der Waals surface area contributed by atoms with Gasteiger partial charge in [0.2, 0.25) is 0 Å². The fourth-order valence-electron chi connectivity index (χ4n) is 1.84. The Morgan fingerprint density at radius 2 is 2.04 bits per heavy atom. The van der Waals surface area contributed by atoms with E-state index < -0.39 is 18.5 Å². The Balaban J connectivity index is 1.93. The predicted molar refractivity (Wildman–Crippen MR) is 88.9 cm³/mol. The number of hydrogen-bond donors (Lipinski definition) is 1. The number of esters is 1. The molecule has 0 heterocycles. The molecular formula is C17H13BrN2O3. The molecule has 0 aliphatic rings. The third-order valence-electron chi connectivity index (χ3n) is 2.96. The molecule has 0 spiro atoms. The second kappa shape index (κ2) is 7.56. The molecule has 0 aliphatic carbocycles. The van der Waals surface area contributed by atoms with Crippen LogP contribution < -0.4 is 5.32 Å². The molecule has 116 valence electrons. The van der Waals surface area contributed by atoms with Gasteiger partial charge in [0.05, 0.1) is 22.9 Å². The first-order valence-corrected chi connectivity index (χ1v) is 7.52. The van der Waals surface area contributed by atoms with Gasteiger partial charge in [0.15, 0.2) is 6.61 Å². The number of benzene rings is 2. The first-order chi connectivity index (χ1) is 11.0. The normalized spacial score (nSPS) is 9.78. The second-order valence-corrected chi connectivity index (χ2v) is 5.65. The molecule has 0 radical (unpaired) electrons. The van der Waals surface area contributed by atoms with Crippen LogP contribution in [-0.4, -0.2) is 18.5 Å². The quantitative estimate of drug-likeness (QED) is 0.833. The highest BCUT2D eigenvalue weighted by molar-refractivity contribution is 9.10. The average Bonchev–Trinajstić information content (AvgIpc) is 2.55. The van der Waals surface area contributed by atoms with Gasteiger partial charge in [-0.25, -0.2) is 4.79 Å². The largest absolute Gasteiger partial charge is 0.452 e. The second-order valence-electron chi connectivity index (χ2n) is 4.80. The van der Waals surface area contributed by atoms with Gasteiger partial charge in [-0.05, 0) is 58.7 Å². The van der Waals surface area contributed by atoms with E-state index in [0.717, 1.165) is 10.0 Å². The van der Waals surface area contributed by atoms with E-state index in [0.29, 0.717) is 11.3 Å². The molecule has 0 unspecified atom stereocenters. The molecule has 2 aromatic rings. The van der Waals surface area contributed by atoms with Crippen molar-refractivity contribution in [2.45, 2.75) is 6.92 Å². The number of hydrogen-bond acceptors (Lipinski definition) is 4. The number of carbonyl (C=O) groups is 2. The molecule has 6 heteroatoms. The number of rotatable bonds is 4. The number of nitrogens with one attached hydrogen (secondary N) is 1. The summed E-state index contributed by atoms with van der Waals surface area (Å²) in [5, 5.41) is 11.5. The van der Waals surface area contributed by atoms with Crippen LogP contribution in [0.25, 0.3) is 0 Å². The van der Waals surface area contributed by atoms with E-state index in [2.05, 4.69) is 21.2 Å². The summed E-state index contributed by atoms with van der Waals surface area (Å²) < 4.78 is 5.70. The summed E-state index contributed by atoms with van der Waals surface area (Å²) in [6, 6.07) is 13.5. The molecule has 2 rings (SSSR count). The van der Waals surface area contributed by atoms with E-state index in [4.69, 9.17) is 10.00 Å². The fourth-order valence-corrected chi connectivity index (χ4v) is 2.43. The zero-order chi connectivity index (χ0) is 16.8. The summed E-state index contributed by atoms with van der Waals surface area (Å²) in [4.78, 5) is 23.7. The lowest BCUT2D eigenvalue weighted by Crippen LogP contribution is -2.21. The number of anilines is 1. The van der Waals surface area contributed by atoms with Crippen molar-refractivity contribution in [2.24, 2.45) is 0 Å². The van der Waals surface area contributed by atoms with Crippen molar-refractivity contribution in [1.29, 1.82) is 5.26 Å². The van der Waals surface area contributed by atoms with Crippen LogP contribution in [0.15, 0.2) is 46.9 Å².